The van der Waals surface area contributed by atoms with Crippen molar-refractivity contribution in [3.63, 3.8) is 0 Å². The molecule has 1 amide bonds. The number of rotatable bonds is 2. The predicted octanol–water partition coefficient (Wildman–Crippen LogP) is 2.23. The average Bonchev–Trinajstić information content (AvgIpc) is 3.13. The van der Waals surface area contributed by atoms with Crippen LogP contribution in [0.3, 0.4) is 0 Å². The minimum Gasteiger partial charge on any atom is -0.384 e. The molecule has 0 N–H and O–H groups in total. The number of hydrogen-bond donors (Lipinski definition) is 0. The number of hydrogen-bond acceptors (Lipinski definition) is 3. The van der Waals surface area contributed by atoms with E-state index >= 15 is 0 Å². The van der Waals surface area contributed by atoms with Crippen molar-refractivity contribution in [2.24, 2.45) is 0 Å². The molecule has 0 atom stereocenters. The third kappa shape index (κ3) is 2.07. The zero-order valence-corrected chi connectivity index (χ0v) is 11.4. The summed E-state index contributed by atoms with van der Waals surface area (Å²) in [5.74, 6) is 0.189. The van der Waals surface area contributed by atoms with E-state index in [1.807, 2.05) is 58.3 Å². The molecule has 3 aromatic rings. The number of carbonyl (C=O) groups is 1. The molecule has 4 rings (SSSR count). The number of para-hydroxylation sites is 2. The van der Waals surface area contributed by atoms with Crippen LogP contribution < -0.4 is 9.47 Å². The summed E-state index contributed by atoms with van der Waals surface area (Å²) in [7, 11) is 0. The first-order chi connectivity index (χ1) is 10.3. The molecule has 1 aliphatic heterocycles. The number of anilines is 1. The molecule has 5 heteroatoms. The van der Waals surface area contributed by atoms with Gasteiger partial charge in [-0.2, -0.15) is 4.57 Å². The van der Waals surface area contributed by atoms with Crippen LogP contribution in [-0.2, 0) is 4.79 Å². The van der Waals surface area contributed by atoms with Crippen LogP contribution in [0.1, 0.15) is 12.8 Å². The van der Waals surface area contributed by atoms with Crippen LogP contribution in [0, 0.1) is 0 Å². The van der Waals surface area contributed by atoms with Gasteiger partial charge >= 0.3 is 6.01 Å². The van der Waals surface area contributed by atoms with Crippen LogP contribution in [0.5, 0.6) is 0 Å². The molecule has 0 unspecified atom stereocenters. The maximum Gasteiger partial charge on any atom is 0.509 e. The second-order valence-corrected chi connectivity index (χ2v) is 5.08. The van der Waals surface area contributed by atoms with E-state index in [0.29, 0.717) is 12.4 Å². The van der Waals surface area contributed by atoms with Crippen LogP contribution in [0.15, 0.2) is 53.2 Å². The summed E-state index contributed by atoms with van der Waals surface area (Å²) in [6, 6.07) is 12.0. The maximum absolute atomic E-state index is 11.7. The summed E-state index contributed by atoms with van der Waals surface area (Å²) in [6.45, 7) is 0.797. The Labute approximate surface area is 121 Å². The number of benzene rings is 1. The van der Waals surface area contributed by atoms with Crippen LogP contribution in [0.2, 0.25) is 0 Å². The van der Waals surface area contributed by atoms with Crippen LogP contribution in [0.25, 0.3) is 17.1 Å². The van der Waals surface area contributed by atoms with Crippen LogP contribution >= 0.6 is 0 Å². The summed E-state index contributed by atoms with van der Waals surface area (Å²) in [6.07, 6.45) is 5.30. The van der Waals surface area contributed by atoms with E-state index < -0.39 is 0 Å². The van der Waals surface area contributed by atoms with Gasteiger partial charge in [-0.05, 0) is 18.6 Å². The summed E-state index contributed by atoms with van der Waals surface area (Å²) in [5.41, 5.74) is 2.52. The Hall–Kier alpha value is -2.69. The third-order valence-electron chi connectivity index (χ3n) is 3.70. The minimum atomic E-state index is 0.189. The number of pyridine rings is 1. The molecule has 0 bridgehead atoms. The van der Waals surface area contributed by atoms with Crippen molar-refractivity contribution < 1.29 is 13.8 Å². The van der Waals surface area contributed by atoms with Gasteiger partial charge in [0.2, 0.25) is 11.4 Å². The maximum atomic E-state index is 11.7. The van der Waals surface area contributed by atoms with Gasteiger partial charge < -0.3 is 9.32 Å². The van der Waals surface area contributed by atoms with Crippen molar-refractivity contribution in [3.8, 4) is 6.01 Å². The first-order valence-corrected chi connectivity index (χ1v) is 6.99. The number of carbonyl (C=O) groups excluding carboxylic acids is 1. The Morgan fingerprint density at radius 2 is 1.95 bits per heavy atom. The van der Waals surface area contributed by atoms with Gasteiger partial charge in [-0.15, -0.1) is 0 Å². The molecule has 1 aliphatic rings. The van der Waals surface area contributed by atoms with Gasteiger partial charge in [-0.1, -0.05) is 12.1 Å². The summed E-state index contributed by atoms with van der Waals surface area (Å²) in [4.78, 5) is 18.0. The van der Waals surface area contributed by atoms with Crippen molar-refractivity contribution in [1.29, 1.82) is 0 Å². The summed E-state index contributed by atoms with van der Waals surface area (Å²) < 4.78 is 7.52. The fourth-order valence-corrected chi connectivity index (χ4v) is 2.62. The SMILES string of the molecule is O=C1CCCN1c1cc[n+](-c2nc3ccccc3o2)cc1. The third-order valence-corrected chi connectivity index (χ3v) is 3.70. The number of nitrogens with zero attached hydrogens (tertiary/aromatic N) is 3. The van der Waals surface area contributed by atoms with E-state index in [0.717, 1.165) is 29.8 Å². The molecule has 0 saturated carbocycles. The Kier molecular flexibility index (Phi) is 2.70. The molecule has 2 aromatic heterocycles. The fourth-order valence-electron chi connectivity index (χ4n) is 2.62. The monoisotopic (exact) mass is 280 g/mol. The Morgan fingerprint density at radius 1 is 1.14 bits per heavy atom. The van der Waals surface area contributed by atoms with Crippen molar-refractivity contribution in [2.75, 3.05) is 11.4 Å². The molecule has 0 radical (unpaired) electrons. The number of amides is 1. The number of fused-ring (bicyclic) bond motifs is 1. The van der Waals surface area contributed by atoms with E-state index in [9.17, 15) is 4.79 Å². The highest BCUT2D eigenvalue weighted by molar-refractivity contribution is 5.95. The molecule has 0 aliphatic carbocycles. The van der Waals surface area contributed by atoms with Gasteiger partial charge in [0.05, 0.1) is 5.69 Å². The zero-order chi connectivity index (χ0) is 14.2. The highest BCUT2D eigenvalue weighted by Crippen LogP contribution is 2.20. The molecule has 1 aromatic carbocycles. The van der Waals surface area contributed by atoms with Crippen LogP contribution in [-0.4, -0.2) is 17.4 Å². The van der Waals surface area contributed by atoms with Crippen molar-refractivity contribution in [1.82, 2.24) is 4.98 Å². The average molecular weight is 280 g/mol. The van der Waals surface area contributed by atoms with Gasteiger partial charge in [0.15, 0.2) is 5.58 Å². The van der Waals surface area contributed by atoms with E-state index in [2.05, 4.69) is 4.98 Å². The number of oxazole rings is 1. The normalized spacial score (nSPS) is 15.0. The van der Waals surface area contributed by atoms with Crippen LogP contribution in [0.4, 0.5) is 5.69 Å². The molecule has 21 heavy (non-hydrogen) atoms. The lowest BCUT2D eigenvalue weighted by atomic mass is 10.3. The second-order valence-electron chi connectivity index (χ2n) is 5.08. The minimum absolute atomic E-state index is 0.189. The highest BCUT2D eigenvalue weighted by Gasteiger charge is 2.23. The Balaban J connectivity index is 1.68. The van der Waals surface area contributed by atoms with E-state index in [1.54, 1.807) is 0 Å². The fraction of sp³-hybridized carbons (Fsp3) is 0.188. The zero-order valence-electron chi connectivity index (χ0n) is 11.4. The first kappa shape index (κ1) is 12.1. The smallest absolute Gasteiger partial charge is 0.384 e. The molecular formula is C16H14N3O2+. The summed E-state index contributed by atoms with van der Waals surface area (Å²) >= 11 is 0. The molecule has 104 valence electrons. The van der Waals surface area contributed by atoms with E-state index in [-0.39, 0.29) is 5.91 Å². The topological polar surface area (TPSA) is 50.2 Å². The summed E-state index contributed by atoms with van der Waals surface area (Å²) in [5, 5.41) is 0. The van der Waals surface area contributed by atoms with Gasteiger partial charge in [0.25, 0.3) is 0 Å². The lowest BCUT2D eigenvalue weighted by Gasteiger charge is -2.14. The quantitative estimate of drug-likeness (QED) is 0.676. The molecule has 3 heterocycles. The number of aromatic nitrogens is 2. The van der Waals surface area contributed by atoms with Crippen molar-refractivity contribution >= 4 is 22.7 Å². The van der Waals surface area contributed by atoms with E-state index in [1.165, 1.54) is 0 Å². The largest absolute Gasteiger partial charge is 0.509 e. The molecular weight excluding hydrogens is 266 g/mol. The predicted molar refractivity (Wildman–Crippen MR) is 77.1 cm³/mol. The van der Waals surface area contributed by atoms with Crippen molar-refractivity contribution in [2.45, 2.75) is 12.8 Å². The van der Waals surface area contributed by atoms with Gasteiger partial charge in [-0.25, -0.2) is 0 Å². The lowest BCUT2D eigenvalue weighted by Crippen LogP contribution is -2.31. The molecule has 0 spiro atoms. The first-order valence-electron chi connectivity index (χ1n) is 6.99. The molecule has 1 fully saturated rings. The Morgan fingerprint density at radius 3 is 2.67 bits per heavy atom. The van der Waals surface area contributed by atoms with Gasteiger partial charge in [0, 0.05) is 30.1 Å². The highest BCUT2D eigenvalue weighted by atomic mass is 16.4. The van der Waals surface area contributed by atoms with Gasteiger partial charge in [0.1, 0.15) is 12.4 Å². The lowest BCUT2D eigenvalue weighted by molar-refractivity contribution is -0.612. The van der Waals surface area contributed by atoms with Crippen molar-refractivity contribution in [3.05, 3.63) is 48.8 Å². The molecule has 1 saturated heterocycles. The van der Waals surface area contributed by atoms with E-state index in [4.69, 9.17) is 4.42 Å². The standard InChI is InChI=1S/C16H14N3O2/c20-15-6-3-9-19(15)12-7-10-18(11-8-12)16-17-13-4-1-2-5-14(13)21-16/h1-2,4-5,7-8,10-11H,3,6,9H2/q+1. The second kappa shape index (κ2) is 4.70. The Bertz CT molecular complexity index is 775. The van der Waals surface area contributed by atoms with Gasteiger partial charge in [-0.3, -0.25) is 4.79 Å². The molecule has 5 nitrogen and oxygen atoms in total.